The molecule has 0 spiro atoms. The molecule has 1 aliphatic heterocycles. The zero-order chi connectivity index (χ0) is 23.7. The smallest absolute Gasteiger partial charge is 0.267 e. The molecule has 5 rings (SSSR count). The van der Waals surface area contributed by atoms with Crippen molar-refractivity contribution in [3.8, 4) is 11.3 Å². The second-order valence-corrected chi connectivity index (χ2v) is 7.99. The van der Waals surface area contributed by atoms with E-state index < -0.39 is 0 Å². The van der Waals surface area contributed by atoms with Crippen LogP contribution in [0.2, 0.25) is 0 Å². The summed E-state index contributed by atoms with van der Waals surface area (Å²) in [4.78, 5) is 30.2. The first-order valence-corrected chi connectivity index (χ1v) is 10.9. The minimum absolute atomic E-state index is 0.146. The van der Waals surface area contributed by atoms with Gasteiger partial charge in [0.05, 0.1) is 36.0 Å². The molecular formula is C25H23N7O2. The van der Waals surface area contributed by atoms with Gasteiger partial charge in [0.1, 0.15) is 0 Å². The molecule has 1 aromatic carbocycles. The first-order chi connectivity index (χ1) is 16.5. The van der Waals surface area contributed by atoms with E-state index in [1.54, 1.807) is 30.5 Å². The zero-order valence-electron chi connectivity index (χ0n) is 18.7. The third-order valence-electron chi connectivity index (χ3n) is 5.55. The highest BCUT2D eigenvalue weighted by molar-refractivity contribution is 6.05. The summed E-state index contributed by atoms with van der Waals surface area (Å²) in [5.41, 5.74) is 3.86. The second-order valence-electron chi connectivity index (χ2n) is 7.99. The fourth-order valence-corrected chi connectivity index (χ4v) is 3.93. The van der Waals surface area contributed by atoms with Gasteiger partial charge < -0.3 is 4.57 Å². The van der Waals surface area contributed by atoms with Crippen molar-refractivity contribution in [1.29, 1.82) is 0 Å². The summed E-state index contributed by atoms with van der Waals surface area (Å²) in [7, 11) is 0. The Morgan fingerprint density at radius 1 is 1.12 bits per heavy atom. The van der Waals surface area contributed by atoms with Gasteiger partial charge in [-0.3, -0.25) is 19.6 Å². The minimum Gasteiger partial charge on any atom is -0.308 e. The van der Waals surface area contributed by atoms with Crippen LogP contribution in [0, 0.1) is 0 Å². The average Bonchev–Trinajstić information content (AvgIpc) is 3.42. The minimum atomic E-state index is -0.321. The first-order valence-electron chi connectivity index (χ1n) is 10.9. The number of carbonyl (C=O) groups excluding carboxylic acids is 1. The maximum Gasteiger partial charge on any atom is 0.267 e. The molecule has 1 amide bonds. The average molecular weight is 454 g/mol. The summed E-state index contributed by atoms with van der Waals surface area (Å²) >= 11 is 0. The number of rotatable bonds is 1. The lowest BCUT2D eigenvalue weighted by molar-refractivity contribution is -0.112. The van der Waals surface area contributed by atoms with E-state index in [0.29, 0.717) is 35.9 Å². The van der Waals surface area contributed by atoms with Crippen LogP contribution in [-0.4, -0.2) is 35.0 Å². The van der Waals surface area contributed by atoms with Crippen LogP contribution in [0.25, 0.3) is 22.3 Å². The van der Waals surface area contributed by atoms with Gasteiger partial charge in [-0.15, -0.1) is 0 Å². The van der Waals surface area contributed by atoms with Gasteiger partial charge in [-0.25, -0.2) is 9.67 Å². The summed E-state index contributed by atoms with van der Waals surface area (Å²) < 4.78 is 5.12. The van der Waals surface area contributed by atoms with Crippen molar-refractivity contribution in [3.63, 3.8) is 0 Å². The van der Waals surface area contributed by atoms with Crippen LogP contribution in [0.5, 0.6) is 0 Å². The third-order valence-corrected chi connectivity index (χ3v) is 5.55. The first kappa shape index (κ1) is 21.3. The maximum absolute atomic E-state index is 13.2. The number of anilines is 1. The number of allylic oxidation sites excluding steroid dienone is 3. The summed E-state index contributed by atoms with van der Waals surface area (Å²) in [6.07, 6.45) is 8.75. The number of para-hydroxylation sites is 2. The Bertz CT molecular complexity index is 1530. The SMILES string of the molecule is C=C1/C=C(\C=C/C)C(=O)Nc2nc3ccccc3n2CCn2cc(cn2)-c2ccc(=O)n(n2)C1. The highest BCUT2D eigenvalue weighted by atomic mass is 16.2. The zero-order valence-corrected chi connectivity index (χ0v) is 18.7. The Hall–Kier alpha value is -4.53. The Labute approximate surface area is 195 Å². The van der Waals surface area contributed by atoms with Gasteiger partial charge in [0.2, 0.25) is 5.95 Å². The van der Waals surface area contributed by atoms with Crippen LogP contribution in [0.4, 0.5) is 5.95 Å². The van der Waals surface area contributed by atoms with Crippen molar-refractivity contribution >= 4 is 22.9 Å². The Morgan fingerprint density at radius 3 is 2.82 bits per heavy atom. The lowest BCUT2D eigenvalue weighted by Crippen LogP contribution is -2.23. The predicted octanol–water partition coefficient (Wildman–Crippen LogP) is 3.17. The van der Waals surface area contributed by atoms with Crippen LogP contribution in [0.1, 0.15) is 6.92 Å². The normalized spacial score (nSPS) is 16.3. The number of hydrogen-bond acceptors (Lipinski definition) is 5. The molecule has 3 aromatic heterocycles. The van der Waals surface area contributed by atoms with Crippen LogP contribution in [0.15, 0.2) is 89.5 Å². The number of aryl methyl sites for hydroxylation is 2. The number of amides is 1. The van der Waals surface area contributed by atoms with E-state index in [1.807, 2.05) is 46.6 Å². The number of aromatic nitrogens is 6. The highest BCUT2D eigenvalue weighted by Crippen LogP contribution is 2.21. The van der Waals surface area contributed by atoms with E-state index in [1.165, 1.54) is 10.7 Å². The Morgan fingerprint density at radius 2 is 1.97 bits per heavy atom. The lowest BCUT2D eigenvalue weighted by atomic mass is 10.1. The number of fused-ring (bicyclic) bond motifs is 8. The van der Waals surface area contributed by atoms with Gasteiger partial charge in [-0.2, -0.15) is 10.2 Å². The molecule has 0 fully saturated rings. The van der Waals surface area contributed by atoms with Crippen molar-refractivity contribution in [1.82, 2.24) is 29.1 Å². The van der Waals surface area contributed by atoms with E-state index in [-0.39, 0.29) is 18.0 Å². The predicted molar refractivity (Wildman–Crippen MR) is 130 cm³/mol. The molecule has 9 nitrogen and oxygen atoms in total. The van der Waals surface area contributed by atoms with E-state index in [0.717, 1.165) is 16.6 Å². The molecule has 4 heterocycles. The molecular weight excluding hydrogens is 430 g/mol. The summed E-state index contributed by atoms with van der Waals surface area (Å²) in [6, 6.07) is 10.9. The van der Waals surface area contributed by atoms with Gasteiger partial charge in [0.15, 0.2) is 0 Å². The van der Waals surface area contributed by atoms with E-state index >= 15 is 0 Å². The largest absolute Gasteiger partial charge is 0.308 e. The molecule has 0 aliphatic carbocycles. The van der Waals surface area contributed by atoms with Gasteiger partial charge >= 0.3 is 0 Å². The molecule has 0 unspecified atom stereocenters. The van der Waals surface area contributed by atoms with Crippen LogP contribution in [0.3, 0.4) is 0 Å². The van der Waals surface area contributed by atoms with Gasteiger partial charge in [0.25, 0.3) is 11.5 Å². The van der Waals surface area contributed by atoms with Crippen LogP contribution >= 0.6 is 0 Å². The van der Waals surface area contributed by atoms with Gasteiger partial charge in [-0.05, 0) is 36.8 Å². The van der Waals surface area contributed by atoms with Crippen LogP contribution in [-0.2, 0) is 24.4 Å². The van der Waals surface area contributed by atoms with Crippen molar-refractivity contribution in [3.05, 3.63) is 95.1 Å². The van der Waals surface area contributed by atoms with E-state index in [9.17, 15) is 9.59 Å². The lowest BCUT2D eigenvalue weighted by Gasteiger charge is -2.12. The number of imidazole rings is 1. The standard InChI is InChI=1S/C25H23N7O2/c1-3-6-18-13-17(2)15-32-23(33)10-9-20(29-32)19-14-26-30(16-19)11-12-31-22-8-5-4-7-21(22)27-25(31)28-24(18)34/h3-10,13-14,16H,2,11-12,15H2,1H3,(H,27,28,34)/b6-3-,18-13+. The Balaban J connectivity index is 1.64. The number of hydrogen-bond donors (Lipinski definition) is 1. The third kappa shape index (κ3) is 4.11. The number of benzene rings is 1. The Kier molecular flexibility index (Phi) is 5.51. The molecule has 170 valence electrons. The molecule has 9 heteroatoms. The quantitative estimate of drug-likeness (QED) is 0.477. The summed E-state index contributed by atoms with van der Waals surface area (Å²) in [5, 5.41) is 11.9. The van der Waals surface area contributed by atoms with Gasteiger partial charge in [0, 0.05) is 29.9 Å². The number of nitrogens with zero attached hydrogens (tertiary/aromatic N) is 6. The summed E-state index contributed by atoms with van der Waals surface area (Å²) in [6.45, 7) is 7.12. The fourth-order valence-electron chi connectivity index (χ4n) is 3.93. The van der Waals surface area contributed by atoms with Crippen molar-refractivity contribution in [2.24, 2.45) is 0 Å². The van der Waals surface area contributed by atoms with Crippen molar-refractivity contribution in [2.75, 3.05) is 5.32 Å². The molecule has 0 radical (unpaired) electrons. The van der Waals surface area contributed by atoms with Crippen molar-refractivity contribution in [2.45, 2.75) is 26.6 Å². The van der Waals surface area contributed by atoms with Gasteiger partial charge in [-0.1, -0.05) is 30.9 Å². The molecule has 0 saturated carbocycles. The second kappa shape index (κ2) is 8.78. The monoisotopic (exact) mass is 453 g/mol. The number of nitrogens with one attached hydrogen (secondary N) is 1. The van der Waals surface area contributed by atoms with Crippen LogP contribution < -0.4 is 10.9 Å². The van der Waals surface area contributed by atoms with Crippen molar-refractivity contribution < 1.29 is 4.79 Å². The highest BCUT2D eigenvalue weighted by Gasteiger charge is 2.16. The molecule has 1 aliphatic rings. The topological polar surface area (TPSA) is 99.6 Å². The molecule has 34 heavy (non-hydrogen) atoms. The fraction of sp³-hybridized carbons (Fsp3) is 0.160. The summed E-state index contributed by atoms with van der Waals surface area (Å²) in [5.74, 6) is 0.133. The van der Waals surface area contributed by atoms with E-state index in [4.69, 9.17) is 0 Å². The molecule has 4 bridgehead atoms. The van der Waals surface area contributed by atoms with E-state index in [2.05, 4.69) is 27.1 Å². The maximum atomic E-state index is 13.2. The molecule has 1 N–H and O–H groups in total. The number of carbonyl (C=O) groups is 1. The molecule has 0 atom stereocenters. The molecule has 4 aromatic rings. The molecule has 0 saturated heterocycles.